The van der Waals surface area contributed by atoms with Crippen molar-refractivity contribution in [2.75, 3.05) is 18.5 Å². The molecule has 0 unspecified atom stereocenters. The van der Waals surface area contributed by atoms with Crippen LogP contribution in [0.4, 0.5) is 5.69 Å². The fourth-order valence-corrected chi connectivity index (χ4v) is 3.00. The summed E-state index contributed by atoms with van der Waals surface area (Å²) >= 11 is 6.38. The number of ether oxygens (including phenoxy) is 2. The maximum Gasteiger partial charge on any atom is 0.248 e. The van der Waals surface area contributed by atoms with Crippen molar-refractivity contribution in [2.24, 2.45) is 0 Å². The number of hydrogen-bond donors (Lipinski definition) is 1. The molecule has 0 spiro atoms. The number of nitrogens with zero attached hydrogens (tertiary/aromatic N) is 2. The fourth-order valence-electron chi connectivity index (χ4n) is 2.68. The van der Waals surface area contributed by atoms with Crippen LogP contribution in [-0.4, -0.2) is 28.9 Å². The second-order valence-corrected chi connectivity index (χ2v) is 6.41. The summed E-state index contributed by atoms with van der Waals surface area (Å²) < 4.78 is 12.8. The lowest BCUT2D eigenvalue weighted by Gasteiger charge is -2.18. The van der Waals surface area contributed by atoms with Crippen molar-refractivity contribution in [1.82, 2.24) is 9.78 Å². The molecule has 0 aliphatic carbocycles. The van der Waals surface area contributed by atoms with Crippen molar-refractivity contribution in [1.29, 1.82) is 0 Å². The lowest BCUT2D eigenvalue weighted by atomic mass is 10.2. The topological polar surface area (TPSA) is 65.4 Å². The van der Waals surface area contributed by atoms with Gasteiger partial charge in [-0.3, -0.25) is 9.48 Å². The molecule has 0 saturated heterocycles. The molecule has 0 radical (unpaired) electrons. The number of halogens is 1. The van der Waals surface area contributed by atoms with Gasteiger partial charge in [0.05, 0.1) is 5.69 Å². The van der Waals surface area contributed by atoms with Crippen molar-refractivity contribution in [2.45, 2.75) is 33.2 Å². The van der Waals surface area contributed by atoms with Crippen molar-refractivity contribution >= 4 is 29.3 Å². The van der Waals surface area contributed by atoms with Gasteiger partial charge in [0.25, 0.3) is 0 Å². The number of hydrogen-bond acceptors (Lipinski definition) is 4. The Morgan fingerprint density at radius 3 is 2.88 bits per heavy atom. The molecule has 138 valence electrons. The van der Waals surface area contributed by atoms with Crippen LogP contribution in [0.5, 0.6) is 11.5 Å². The number of rotatable bonds is 6. The Kier molecular flexibility index (Phi) is 5.83. The maximum absolute atomic E-state index is 12.2. The van der Waals surface area contributed by atoms with Gasteiger partial charge in [-0.05, 0) is 31.6 Å². The molecule has 1 aromatic heterocycles. The Labute approximate surface area is 157 Å². The number of nitrogens with one attached hydrogen (secondary N) is 1. The van der Waals surface area contributed by atoms with E-state index in [4.69, 9.17) is 21.1 Å². The predicted octanol–water partition coefficient (Wildman–Crippen LogP) is 4.07. The first-order valence-corrected chi connectivity index (χ1v) is 9.08. The molecule has 0 saturated carbocycles. The Morgan fingerprint density at radius 2 is 2.12 bits per heavy atom. The van der Waals surface area contributed by atoms with Crippen LogP contribution in [0, 0.1) is 6.92 Å². The van der Waals surface area contributed by atoms with Crippen LogP contribution in [-0.2, 0) is 11.3 Å². The molecule has 7 heteroatoms. The standard InChI is InChI=1S/C19H22ClN3O3/c1-3-4-9-23-19(20)15(13(2)22-23)6-8-18(24)21-14-5-7-16-17(12-14)26-11-10-25-16/h5-8,12H,3-4,9-11H2,1-2H3,(H,21,24). The Hall–Kier alpha value is -2.47. The second-order valence-electron chi connectivity index (χ2n) is 6.05. The molecular formula is C19H22ClN3O3. The smallest absolute Gasteiger partial charge is 0.248 e. The van der Waals surface area contributed by atoms with E-state index in [2.05, 4.69) is 17.3 Å². The third kappa shape index (κ3) is 4.19. The summed E-state index contributed by atoms with van der Waals surface area (Å²) in [5, 5.41) is 7.79. The molecule has 0 atom stereocenters. The van der Waals surface area contributed by atoms with Gasteiger partial charge in [-0.15, -0.1) is 0 Å². The minimum Gasteiger partial charge on any atom is -0.486 e. The molecule has 1 aromatic carbocycles. The first kappa shape index (κ1) is 18.3. The minimum atomic E-state index is -0.251. The molecule has 26 heavy (non-hydrogen) atoms. The number of fused-ring (bicyclic) bond motifs is 1. The lowest BCUT2D eigenvalue weighted by Crippen LogP contribution is -2.16. The number of anilines is 1. The third-order valence-corrected chi connectivity index (χ3v) is 4.44. The summed E-state index contributed by atoms with van der Waals surface area (Å²) in [6, 6.07) is 5.31. The van der Waals surface area contributed by atoms with Crippen LogP contribution >= 0.6 is 11.6 Å². The lowest BCUT2D eigenvalue weighted by molar-refractivity contribution is -0.111. The molecule has 0 bridgehead atoms. The zero-order valence-electron chi connectivity index (χ0n) is 14.9. The van der Waals surface area contributed by atoms with E-state index in [1.165, 1.54) is 6.08 Å². The van der Waals surface area contributed by atoms with Gasteiger partial charge in [-0.1, -0.05) is 24.9 Å². The van der Waals surface area contributed by atoms with E-state index in [0.717, 1.165) is 30.6 Å². The number of amides is 1. The van der Waals surface area contributed by atoms with Crippen LogP contribution in [0.2, 0.25) is 5.15 Å². The summed E-state index contributed by atoms with van der Waals surface area (Å²) in [5.41, 5.74) is 2.21. The van der Waals surface area contributed by atoms with E-state index < -0.39 is 0 Å². The average molecular weight is 376 g/mol. The highest BCUT2D eigenvalue weighted by molar-refractivity contribution is 6.31. The number of carbonyl (C=O) groups is 1. The number of benzene rings is 1. The highest BCUT2D eigenvalue weighted by atomic mass is 35.5. The van der Waals surface area contributed by atoms with Crippen LogP contribution in [0.3, 0.4) is 0 Å². The van der Waals surface area contributed by atoms with Gasteiger partial charge in [-0.25, -0.2) is 0 Å². The van der Waals surface area contributed by atoms with Crippen molar-refractivity contribution in [3.8, 4) is 11.5 Å². The Bertz CT molecular complexity index is 830. The maximum atomic E-state index is 12.2. The van der Waals surface area contributed by atoms with Crippen molar-refractivity contribution in [3.63, 3.8) is 0 Å². The average Bonchev–Trinajstić information content (AvgIpc) is 2.91. The van der Waals surface area contributed by atoms with Crippen molar-refractivity contribution < 1.29 is 14.3 Å². The molecule has 1 amide bonds. The number of aryl methyl sites for hydroxylation is 2. The molecule has 2 heterocycles. The van der Waals surface area contributed by atoms with Gasteiger partial charge in [0.15, 0.2) is 11.5 Å². The molecule has 2 aromatic rings. The Balaban J connectivity index is 1.67. The molecule has 1 N–H and O–H groups in total. The van der Waals surface area contributed by atoms with Gasteiger partial charge in [0.2, 0.25) is 5.91 Å². The van der Waals surface area contributed by atoms with E-state index in [-0.39, 0.29) is 5.91 Å². The molecular weight excluding hydrogens is 354 g/mol. The van der Waals surface area contributed by atoms with E-state index in [1.54, 1.807) is 29.0 Å². The van der Waals surface area contributed by atoms with E-state index in [9.17, 15) is 4.79 Å². The van der Waals surface area contributed by atoms with E-state index in [0.29, 0.717) is 35.6 Å². The highest BCUT2D eigenvalue weighted by Crippen LogP contribution is 2.32. The quantitative estimate of drug-likeness (QED) is 0.773. The number of unbranched alkanes of at least 4 members (excludes halogenated alkanes) is 1. The first-order valence-electron chi connectivity index (χ1n) is 8.70. The van der Waals surface area contributed by atoms with Crippen molar-refractivity contribution in [3.05, 3.63) is 40.7 Å². The van der Waals surface area contributed by atoms with Crippen LogP contribution < -0.4 is 14.8 Å². The molecule has 6 nitrogen and oxygen atoms in total. The minimum absolute atomic E-state index is 0.251. The molecule has 0 fully saturated rings. The second kappa shape index (κ2) is 8.27. The zero-order valence-corrected chi connectivity index (χ0v) is 15.7. The van der Waals surface area contributed by atoms with Gasteiger partial charge < -0.3 is 14.8 Å². The summed E-state index contributed by atoms with van der Waals surface area (Å²) in [5.74, 6) is 1.07. The fraction of sp³-hybridized carbons (Fsp3) is 0.368. The van der Waals surface area contributed by atoms with Crippen LogP contribution in [0.15, 0.2) is 24.3 Å². The Morgan fingerprint density at radius 1 is 1.35 bits per heavy atom. The monoisotopic (exact) mass is 375 g/mol. The van der Waals surface area contributed by atoms with Gasteiger partial charge >= 0.3 is 0 Å². The molecule has 3 rings (SSSR count). The zero-order chi connectivity index (χ0) is 18.5. The van der Waals surface area contributed by atoms with Crippen LogP contribution in [0.1, 0.15) is 31.0 Å². The summed E-state index contributed by atoms with van der Waals surface area (Å²) in [6.07, 6.45) is 5.23. The van der Waals surface area contributed by atoms with Gasteiger partial charge in [0.1, 0.15) is 18.4 Å². The largest absolute Gasteiger partial charge is 0.486 e. The third-order valence-electron chi connectivity index (χ3n) is 4.04. The van der Waals surface area contributed by atoms with E-state index >= 15 is 0 Å². The molecule has 1 aliphatic heterocycles. The predicted molar refractivity (Wildman–Crippen MR) is 102 cm³/mol. The SMILES string of the molecule is CCCCn1nc(C)c(C=CC(=O)Nc2ccc3c(c2)OCCO3)c1Cl. The number of carbonyl (C=O) groups excluding carboxylic acids is 1. The summed E-state index contributed by atoms with van der Waals surface area (Å²) in [6.45, 7) is 5.81. The summed E-state index contributed by atoms with van der Waals surface area (Å²) in [4.78, 5) is 12.2. The number of aromatic nitrogens is 2. The molecule has 1 aliphatic rings. The normalized spacial score (nSPS) is 13.2. The highest BCUT2D eigenvalue weighted by Gasteiger charge is 2.13. The first-order chi connectivity index (χ1) is 12.6. The summed E-state index contributed by atoms with van der Waals surface area (Å²) in [7, 11) is 0. The van der Waals surface area contributed by atoms with Crippen LogP contribution in [0.25, 0.3) is 6.08 Å². The van der Waals surface area contributed by atoms with E-state index in [1.807, 2.05) is 6.92 Å². The van der Waals surface area contributed by atoms with Gasteiger partial charge in [0, 0.05) is 29.9 Å². The van der Waals surface area contributed by atoms with Gasteiger partial charge in [-0.2, -0.15) is 5.10 Å².